The van der Waals surface area contributed by atoms with E-state index in [1.165, 1.54) is 44.8 Å². The lowest BCUT2D eigenvalue weighted by Crippen LogP contribution is -2.09. The van der Waals surface area contributed by atoms with Crippen LogP contribution in [0.3, 0.4) is 0 Å². The van der Waals surface area contributed by atoms with Gasteiger partial charge in [0.25, 0.3) is 0 Å². The summed E-state index contributed by atoms with van der Waals surface area (Å²) in [5.41, 5.74) is 0. The molecule has 0 aromatic rings. The minimum atomic E-state index is 0.457. The molecule has 11 heavy (non-hydrogen) atoms. The molecule has 0 heterocycles. The number of aldehydes is 1. The van der Waals surface area contributed by atoms with Gasteiger partial charge in [0.1, 0.15) is 6.29 Å². The largest absolute Gasteiger partial charge is 0.303 e. The maximum atomic E-state index is 10.4. The smallest absolute Gasteiger partial charge is 0.123 e. The fourth-order valence-corrected chi connectivity index (χ4v) is 2.50. The van der Waals surface area contributed by atoms with Crippen molar-refractivity contribution in [1.82, 2.24) is 0 Å². The van der Waals surface area contributed by atoms with E-state index in [9.17, 15) is 4.79 Å². The van der Waals surface area contributed by atoms with E-state index >= 15 is 0 Å². The predicted octanol–water partition coefficient (Wildman–Crippen LogP) is 2.40. The minimum Gasteiger partial charge on any atom is -0.303 e. The van der Waals surface area contributed by atoms with Crippen molar-refractivity contribution < 1.29 is 4.79 Å². The van der Waals surface area contributed by atoms with Crippen molar-refractivity contribution in [2.75, 3.05) is 0 Å². The third-order valence-electron chi connectivity index (χ3n) is 3.32. The van der Waals surface area contributed by atoms with Crippen LogP contribution < -0.4 is 0 Å². The molecule has 0 aromatic heterocycles. The summed E-state index contributed by atoms with van der Waals surface area (Å²) in [6, 6.07) is 0. The molecule has 0 aliphatic heterocycles. The second-order valence-corrected chi connectivity index (χ2v) is 4.10. The first-order chi connectivity index (χ1) is 5.42. The average molecular weight is 152 g/mol. The Labute approximate surface area is 68.2 Å². The van der Waals surface area contributed by atoms with Crippen LogP contribution in [0.5, 0.6) is 0 Å². The second kappa shape index (κ2) is 2.96. The SMILES string of the molecule is O=C[C@H]1C[C@@H]1C1CCCCC1. The van der Waals surface area contributed by atoms with Gasteiger partial charge in [-0.2, -0.15) is 0 Å². The molecule has 2 aliphatic carbocycles. The maximum Gasteiger partial charge on any atom is 0.123 e. The van der Waals surface area contributed by atoms with E-state index in [0.717, 1.165) is 11.8 Å². The third kappa shape index (κ3) is 1.47. The van der Waals surface area contributed by atoms with Crippen LogP contribution in [-0.2, 0) is 4.79 Å². The van der Waals surface area contributed by atoms with Crippen molar-refractivity contribution in [3.05, 3.63) is 0 Å². The van der Waals surface area contributed by atoms with Crippen LogP contribution in [0, 0.1) is 17.8 Å². The Balaban J connectivity index is 1.81. The van der Waals surface area contributed by atoms with Gasteiger partial charge in [-0.15, -0.1) is 0 Å². The van der Waals surface area contributed by atoms with E-state index < -0.39 is 0 Å². The number of hydrogen-bond donors (Lipinski definition) is 0. The van der Waals surface area contributed by atoms with Gasteiger partial charge in [0.2, 0.25) is 0 Å². The molecule has 0 unspecified atom stereocenters. The fourth-order valence-electron chi connectivity index (χ4n) is 2.50. The van der Waals surface area contributed by atoms with E-state index in [4.69, 9.17) is 0 Å². The van der Waals surface area contributed by atoms with Crippen molar-refractivity contribution >= 4 is 6.29 Å². The van der Waals surface area contributed by atoms with Crippen LogP contribution in [0.4, 0.5) is 0 Å². The Morgan fingerprint density at radius 3 is 2.36 bits per heavy atom. The van der Waals surface area contributed by atoms with Gasteiger partial charge in [0, 0.05) is 5.92 Å². The molecule has 0 spiro atoms. The highest BCUT2D eigenvalue weighted by atomic mass is 16.1. The van der Waals surface area contributed by atoms with Crippen molar-refractivity contribution in [1.29, 1.82) is 0 Å². The lowest BCUT2D eigenvalue weighted by Gasteiger charge is -2.20. The zero-order valence-electron chi connectivity index (χ0n) is 6.96. The van der Waals surface area contributed by atoms with Crippen molar-refractivity contribution in [3.8, 4) is 0 Å². The first kappa shape index (κ1) is 7.33. The molecule has 2 atom stereocenters. The van der Waals surface area contributed by atoms with Gasteiger partial charge in [0.05, 0.1) is 0 Å². The summed E-state index contributed by atoms with van der Waals surface area (Å²) in [4.78, 5) is 10.4. The molecule has 2 rings (SSSR count). The highest BCUT2D eigenvalue weighted by Crippen LogP contribution is 2.47. The first-order valence-electron chi connectivity index (χ1n) is 4.87. The molecule has 1 nitrogen and oxygen atoms in total. The Hall–Kier alpha value is -0.330. The molecule has 0 amide bonds. The van der Waals surface area contributed by atoms with Crippen molar-refractivity contribution in [3.63, 3.8) is 0 Å². The summed E-state index contributed by atoms with van der Waals surface area (Å²) >= 11 is 0. The normalized spacial score (nSPS) is 38.5. The number of hydrogen-bond acceptors (Lipinski definition) is 1. The highest BCUT2D eigenvalue weighted by molar-refractivity contribution is 5.58. The van der Waals surface area contributed by atoms with Crippen LogP contribution in [0.25, 0.3) is 0 Å². The summed E-state index contributed by atoms with van der Waals surface area (Å²) in [6.07, 6.45) is 9.41. The second-order valence-electron chi connectivity index (χ2n) is 4.10. The maximum absolute atomic E-state index is 10.4. The molecule has 1 heteroatoms. The van der Waals surface area contributed by atoms with Crippen LogP contribution in [0.15, 0.2) is 0 Å². The molecule has 0 radical (unpaired) electrons. The lowest BCUT2D eigenvalue weighted by atomic mass is 9.85. The zero-order valence-corrected chi connectivity index (χ0v) is 6.96. The van der Waals surface area contributed by atoms with Gasteiger partial charge >= 0.3 is 0 Å². The molecule has 0 N–H and O–H groups in total. The zero-order chi connectivity index (χ0) is 7.68. The molecule has 2 saturated carbocycles. The summed E-state index contributed by atoms with van der Waals surface area (Å²) in [7, 11) is 0. The fraction of sp³-hybridized carbons (Fsp3) is 0.900. The standard InChI is InChI=1S/C10H16O/c11-7-9-6-10(9)8-4-2-1-3-5-8/h7-10H,1-6H2/t9-,10-/m1/s1. The van der Waals surface area contributed by atoms with Gasteiger partial charge in [-0.1, -0.05) is 32.1 Å². The average Bonchev–Trinajstić information content (AvgIpc) is 2.85. The number of carbonyl (C=O) groups excluding carboxylic acids is 1. The molecular weight excluding hydrogens is 136 g/mol. The molecule has 0 bridgehead atoms. The van der Waals surface area contributed by atoms with E-state index in [0.29, 0.717) is 5.92 Å². The Morgan fingerprint density at radius 1 is 1.09 bits per heavy atom. The minimum absolute atomic E-state index is 0.457. The summed E-state index contributed by atoms with van der Waals surface area (Å²) in [5, 5.41) is 0. The predicted molar refractivity (Wildman–Crippen MR) is 44.2 cm³/mol. The van der Waals surface area contributed by atoms with Crippen LogP contribution >= 0.6 is 0 Å². The number of rotatable bonds is 2. The van der Waals surface area contributed by atoms with Gasteiger partial charge in [-0.05, 0) is 18.3 Å². The third-order valence-corrected chi connectivity index (χ3v) is 3.32. The van der Waals surface area contributed by atoms with Crippen LogP contribution in [-0.4, -0.2) is 6.29 Å². The Kier molecular flexibility index (Phi) is 1.97. The van der Waals surface area contributed by atoms with Crippen LogP contribution in [0.2, 0.25) is 0 Å². The number of carbonyl (C=O) groups is 1. The highest BCUT2D eigenvalue weighted by Gasteiger charge is 2.42. The van der Waals surface area contributed by atoms with E-state index in [1.807, 2.05) is 0 Å². The molecular formula is C10H16O. The van der Waals surface area contributed by atoms with Gasteiger partial charge in [-0.25, -0.2) is 0 Å². The van der Waals surface area contributed by atoms with Gasteiger partial charge in [0.15, 0.2) is 0 Å². The van der Waals surface area contributed by atoms with Crippen LogP contribution in [0.1, 0.15) is 38.5 Å². The van der Waals surface area contributed by atoms with Crippen molar-refractivity contribution in [2.45, 2.75) is 38.5 Å². The molecule has 2 aliphatic rings. The van der Waals surface area contributed by atoms with E-state index in [-0.39, 0.29) is 0 Å². The molecule has 2 fully saturated rings. The van der Waals surface area contributed by atoms with E-state index in [1.54, 1.807) is 0 Å². The molecule has 62 valence electrons. The summed E-state index contributed by atoms with van der Waals surface area (Å²) in [5.74, 6) is 2.17. The topological polar surface area (TPSA) is 17.1 Å². The Bertz CT molecular complexity index is 147. The van der Waals surface area contributed by atoms with Gasteiger partial charge < -0.3 is 4.79 Å². The molecule has 0 saturated heterocycles. The monoisotopic (exact) mass is 152 g/mol. The Morgan fingerprint density at radius 2 is 1.82 bits per heavy atom. The lowest BCUT2D eigenvalue weighted by molar-refractivity contribution is -0.109. The quantitative estimate of drug-likeness (QED) is 0.555. The van der Waals surface area contributed by atoms with Crippen molar-refractivity contribution in [2.24, 2.45) is 17.8 Å². The summed E-state index contributed by atoms with van der Waals surface area (Å²) < 4.78 is 0. The summed E-state index contributed by atoms with van der Waals surface area (Å²) in [6.45, 7) is 0. The molecule has 0 aromatic carbocycles. The first-order valence-corrected chi connectivity index (χ1v) is 4.87. The van der Waals surface area contributed by atoms with Gasteiger partial charge in [-0.3, -0.25) is 0 Å². The van der Waals surface area contributed by atoms with E-state index in [2.05, 4.69) is 0 Å².